The Hall–Kier alpha value is -2.07. The Bertz CT molecular complexity index is 851. The minimum absolute atomic E-state index is 0.273. The normalized spacial score (nSPS) is 15.0. The van der Waals surface area contributed by atoms with Crippen LogP contribution in [-0.2, 0) is 11.3 Å². The molecular weight excluding hydrogens is 415 g/mol. The highest BCUT2D eigenvalue weighted by molar-refractivity contribution is 7.80. The molecule has 1 aromatic heterocycles. The molecule has 2 N–H and O–H groups in total. The van der Waals surface area contributed by atoms with Crippen molar-refractivity contribution in [2.45, 2.75) is 13.5 Å². The zero-order chi connectivity index (χ0) is 20.6. The Morgan fingerprint density at radius 3 is 2.79 bits per heavy atom. The van der Waals surface area contributed by atoms with Gasteiger partial charge < -0.3 is 10.1 Å². The van der Waals surface area contributed by atoms with Crippen LogP contribution in [0, 0.1) is 12.7 Å². The third kappa shape index (κ3) is 6.46. The zero-order valence-corrected chi connectivity index (χ0v) is 17.8. The van der Waals surface area contributed by atoms with Gasteiger partial charge in [-0.3, -0.25) is 10.3 Å². The van der Waals surface area contributed by atoms with E-state index in [2.05, 4.69) is 25.8 Å². The molecular formula is C19H24ClFN6OS. The summed E-state index contributed by atoms with van der Waals surface area (Å²) >= 11 is 11.7. The number of aryl methyl sites for hydroxylation is 1. The lowest BCUT2D eigenvalue weighted by molar-refractivity contribution is 0.0389. The van der Waals surface area contributed by atoms with Crippen molar-refractivity contribution in [3.8, 4) is 0 Å². The topological polar surface area (TPSA) is 66.7 Å². The molecule has 0 spiro atoms. The molecule has 1 aliphatic rings. The van der Waals surface area contributed by atoms with Crippen LogP contribution >= 0.6 is 23.8 Å². The van der Waals surface area contributed by atoms with E-state index in [-0.39, 0.29) is 5.82 Å². The van der Waals surface area contributed by atoms with Crippen LogP contribution in [0.15, 0.2) is 29.4 Å². The molecule has 0 amide bonds. The number of halogens is 2. The minimum atomic E-state index is -0.273. The number of nitrogens with one attached hydrogen (secondary N) is 2. The van der Waals surface area contributed by atoms with Gasteiger partial charge >= 0.3 is 0 Å². The van der Waals surface area contributed by atoms with Gasteiger partial charge in [-0.15, -0.1) is 0 Å². The first kappa shape index (κ1) is 21.6. The molecule has 1 aromatic carbocycles. The van der Waals surface area contributed by atoms with E-state index in [1.807, 2.05) is 6.92 Å². The molecule has 0 aliphatic carbocycles. The molecule has 0 bridgehead atoms. The first-order valence-corrected chi connectivity index (χ1v) is 10.2. The van der Waals surface area contributed by atoms with Gasteiger partial charge in [-0.25, -0.2) is 9.07 Å². The summed E-state index contributed by atoms with van der Waals surface area (Å²) < 4.78 is 20.0. The van der Waals surface area contributed by atoms with Crippen molar-refractivity contribution in [1.82, 2.24) is 25.4 Å². The van der Waals surface area contributed by atoms with E-state index in [9.17, 15) is 4.39 Å². The Morgan fingerprint density at radius 1 is 1.34 bits per heavy atom. The number of thiocarbonyl (C=S) groups is 1. The Labute approximate surface area is 179 Å². The van der Waals surface area contributed by atoms with Crippen molar-refractivity contribution in [3.63, 3.8) is 0 Å². The Balaban J connectivity index is 1.48. The highest BCUT2D eigenvalue weighted by Crippen LogP contribution is 2.19. The second-order valence-corrected chi connectivity index (χ2v) is 7.42. The second-order valence-electron chi connectivity index (χ2n) is 6.65. The average molecular weight is 439 g/mol. The van der Waals surface area contributed by atoms with Crippen LogP contribution in [0.3, 0.4) is 0 Å². The predicted molar refractivity (Wildman–Crippen MR) is 116 cm³/mol. The van der Waals surface area contributed by atoms with Gasteiger partial charge in [0.25, 0.3) is 0 Å². The van der Waals surface area contributed by atoms with Gasteiger partial charge in [0.1, 0.15) is 11.0 Å². The van der Waals surface area contributed by atoms with Gasteiger partial charge in [-0.1, -0.05) is 23.7 Å². The lowest BCUT2D eigenvalue weighted by Crippen LogP contribution is -2.42. The largest absolute Gasteiger partial charge is 0.379 e. The number of nitrogens with zero attached hydrogens (tertiary/aromatic N) is 4. The molecule has 1 fully saturated rings. The molecule has 10 heteroatoms. The number of hydrogen-bond acceptors (Lipinski definition) is 5. The van der Waals surface area contributed by atoms with E-state index in [1.165, 1.54) is 12.1 Å². The van der Waals surface area contributed by atoms with Crippen LogP contribution in [0.4, 0.5) is 4.39 Å². The summed E-state index contributed by atoms with van der Waals surface area (Å²) in [6, 6.07) is 6.25. The Morgan fingerprint density at radius 2 is 2.07 bits per heavy atom. The standard InChI is InChI=1S/C19H24ClFN6OS/c1-14-17(18(20)27(25-14)13-15-2-4-16(21)5-3-15)12-23-24-19(29)22-6-7-26-8-10-28-11-9-26/h2-5,12H,6-11,13H2,1H3,(H2,22,24,29)/b23-12+. The molecule has 0 saturated carbocycles. The third-order valence-electron chi connectivity index (χ3n) is 4.53. The van der Waals surface area contributed by atoms with Crippen molar-refractivity contribution >= 4 is 35.1 Å². The molecule has 156 valence electrons. The minimum Gasteiger partial charge on any atom is -0.379 e. The van der Waals surface area contributed by atoms with Crippen molar-refractivity contribution in [2.75, 3.05) is 39.4 Å². The molecule has 0 unspecified atom stereocenters. The first-order chi connectivity index (χ1) is 14.0. The van der Waals surface area contributed by atoms with Crippen molar-refractivity contribution in [1.29, 1.82) is 0 Å². The molecule has 7 nitrogen and oxygen atoms in total. The average Bonchev–Trinajstić information content (AvgIpc) is 2.98. The van der Waals surface area contributed by atoms with Gasteiger partial charge in [-0.05, 0) is 36.8 Å². The molecule has 0 radical (unpaired) electrons. The molecule has 0 atom stereocenters. The Kier molecular flexibility index (Phi) is 7.93. The number of hydrazone groups is 1. The number of aromatic nitrogens is 2. The van der Waals surface area contributed by atoms with Gasteiger partial charge in [0, 0.05) is 26.2 Å². The van der Waals surface area contributed by atoms with E-state index in [0.29, 0.717) is 22.4 Å². The van der Waals surface area contributed by atoms with Crippen LogP contribution < -0.4 is 10.7 Å². The van der Waals surface area contributed by atoms with E-state index in [0.717, 1.165) is 50.7 Å². The monoisotopic (exact) mass is 438 g/mol. The maximum Gasteiger partial charge on any atom is 0.187 e. The number of morpholine rings is 1. The maximum atomic E-state index is 13.1. The molecule has 2 aromatic rings. The highest BCUT2D eigenvalue weighted by Gasteiger charge is 2.12. The first-order valence-electron chi connectivity index (χ1n) is 9.37. The number of ether oxygens (including phenoxy) is 1. The molecule has 3 rings (SSSR count). The molecule has 2 heterocycles. The van der Waals surface area contributed by atoms with Gasteiger partial charge in [0.15, 0.2) is 5.11 Å². The maximum absolute atomic E-state index is 13.1. The smallest absolute Gasteiger partial charge is 0.187 e. The van der Waals surface area contributed by atoms with E-state index in [4.69, 9.17) is 28.6 Å². The van der Waals surface area contributed by atoms with E-state index >= 15 is 0 Å². The quantitative estimate of drug-likeness (QED) is 0.392. The van der Waals surface area contributed by atoms with Crippen LogP contribution in [0.1, 0.15) is 16.8 Å². The number of benzene rings is 1. The van der Waals surface area contributed by atoms with Crippen molar-refractivity contribution < 1.29 is 9.13 Å². The summed E-state index contributed by atoms with van der Waals surface area (Å²) in [7, 11) is 0. The van der Waals surface area contributed by atoms with Gasteiger partial charge in [-0.2, -0.15) is 10.2 Å². The van der Waals surface area contributed by atoms with Crippen LogP contribution in [0.5, 0.6) is 0 Å². The fraction of sp³-hybridized carbons (Fsp3) is 0.421. The summed E-state index contributed by atoms with van der Waals surface area (Å²) in [5, 5.41) is 12.6. The summed E-state index contributed by atoms with van der Waals surface area (Å²) in [5.74, 6) is -0.273. The van der Waals surface area contributed by atoms with E-state index in [1.54, 1.807) is 23.0 Å². The van der Waals surface area contributed by atoms with Crippen LogP contribution in [0.2, 0.25) is 5.15 Å². The third-order valence-corrected chi connectivity index (χ3v) is 5.17. The van der Waals surface area contributed by atoms with Gasteiger partial charge in [0.05, 0.1) is 37.2 Å². The summed E-state index contributed by atoms with van der Waals surface area (Å²) in [6.45, 7) is 7.38. The number of hydrogen-bond donors (Lipinski definition) is 2. The predicted octanol–water partition coefficient (Wildman–Crippen LogP) is 2.16. The summed E-state index contributed by atoms with van der Waals surface area (Å²) in [6.07, 6.45) is 1.60. The summed E-state index contributed by atoms with van der Waals surface area (Å²) in [4.78, 5) is 2.32. The van der Waals surface area contributed by atoms with E-state index < -0.39 is 0 Å². The van der Waals surface area contributed by atoms with Crippen LogP contribution in [0.25, 0.3) is 0 Å². The van der Waals surface area contributed by atoms with Crippen LogP contribution in [-0.4, -0.2) is 65.4 Å². The van der Waals surface area contributed by atoms with Gasteiger partial charge in [0.2, 0.25) is 0 Å². The fourth-order valence-electron chi connectivity index (χ4n) is 2.93. The lowest BCUT2D eigenvalue weighted by atomic mass is 10.2. The van der Waals surface area contributed by atoms with Crippen molar-refractivity contribution in [2.24, 2.45) is 5.10 Å². The molecule has 29 heavy (non-hydrogen) atoms. The molecule has 1 saturated heterocycles. The number of rotatable bonds is 7. The van der Waals surface area contributed by atoms with Crippen molar-refractivity contribution in [3.05, 3.63) is 52.1 Å². The lowest BCUT2D eigenvalue weighted by Gasteiger charge is -2.26. The zero-order valence-electron chi connectivity index (χ0n) is 16.2. The highest BCUT2D eigenvalue weighted by atomic mass is 35.5. The fourth-order valence-corrected chi connectivity index (χ4v) is 3.37. The second kappa shape index (κ2) is 10.6. The SMILES string of the molecule is Cc1nn(Cc2ccc(F)cc2)c(Cl)c1/C=N/NC(=S)NCCN1CCOCC1. The summed E-state index contributed by atoms with van der Waals surface area (Å²) in [5.41, 5.74) is 5.15. The molecule has 1 aliphatic heterocycles.